The molecule has 1 spiro atoms. The third-order valence-electron chi connectivity index (χ3n) is 7.30. The van der Waals surface area contributed by atoms with Crippen LogP contribution in [0.4, 0.5) is 0 Å². The normalized spacial score (nSPS) is 24.0. The standard InChI is InChI=1S/C25H39N3O2.C2H6/c1-3-15-26-22(4-2)27-16-9-11-21(12-18-27)10-5-8-17-28-23(29)19-25(20-24(28)30)13-6-7-14-25;1-2/h3-4,15,21H,1,5-14,16-20H2,2H3;1-2H3/b22-4+,26-15-;. The average molecular weight is 444 g/mol. The van der Waals surface area contributed by atoms with Gasteiger partial charge in [0.2, 0.25) is 11.8 Å². The number of unbranched alkanes of at least 4 members (excludes halogenated alkanes) is 1. The zero-order valence-electron chi connectivity index (χ0n) is 20.8. The maximum atomic E-state index is 12.6. The molecule has 3 fully saturated rings. The summed E-state index contributed by atoms with van der Waals surface area (Å²) in [4.78, 5) is 33.6. The van der Waals surface area contributed by atoms with Crippen molar-refractivity contribution in [3.8, 4) is 0 Å². The van der Waals surface area contributed by atoms with Gasteiger partial charge in [0.15, 0.2) is 0 Å². The molecular weight excluding hydrogens is 398 g/mol. The Labute approximate surface area is 196 Å². The van der Waals surface area contributed by atoms with E-state index in [9.17, 15) is 9.59 Å². The Bertz CT molecular complexity index is 656. The highest BCUT2D eigenvalue weighted by Gasteiger charge is 2.44. The molecule has 0 bridgehead atoms. The molecule has 0 N–H and O–H groups in total. The van der Waals surface area contributed by atoms with Gasteiger partial charge >= 0.3 is 0 Å². The summed E-state index contributed by atoms with van der Waals surface area (Å²) in [5, 5.41) is 0. The van der Waals surface area contributed by atoms with Gasteiger partial charge in [-0.25, -0.2) is 4.99 Å². The Kier molecular flexibility index (Phi) is 11.2. The highest BCUT2D eigenvalue weighted by atomic mass is 16.2. The number of hydrogen-bond acceptors (Lipinski definition) is 4. The molecule has 0 aromatic carbocycles. The van der Waals surface area contributed by atoms with Crippen LogP contribution in [0.1, 0.15) is 97.8 Å². The monoisotopic (exact) mass is 443 g/mol. The van der Waals surface area contributed by atoms with Crippen molar-refractivity contribution in [2.24, 2.45) is 16.3 Å². The average Bonchev–Trinajstić information content (AvgIpc) is 3.10. The fourth-order valence-corrected chi connectivity index (χ4v) is 5.62. The largest absolute Gasteiger partial charge is 0.357 e. The first-order valence-corrected chi connectivity index (χ1v) is 13.0. The number of allylic oxidation sites excluding steroid dienone is 2. The number of amides is 2. The van der Waals surface area contributed by atoms with Crippen LogP contribution in [0.5, 0.6) is 0 Å². The number of imide groups is 1. The van der Waals surface area contributed by atoms with E-state index in [-0.39, 0.29) is 17.2 Å². The van der Waals surface area contributed by atoms with E-state index in [0.29, 0.717) is 19.4 Å². The predicted octanol–water partition coefficient (Wildman–Crippen LogP) is 6.11. The molecule has 32 heavy (non-hydrogen) atoms. The fraction of sp³-hybridized carbons (Fsp3) is 0.741. The number of piperidine rings is 1. The topological polar surface area (TPSA) is 53.0 Å². The summed E-state index contributed by atoms with van der Waals surface area (Å²) in [6, 6.07) is 0. The summed E-state index contributed by atoms with van der Waals surface area (Å²) >= 11 is 0. The SMILES string of the molecule is C=C/C=N\C(=C/C)N1CCCC(CCCCN2C(=O)CC3(CCCC3)CC2=O)CC1.CC. The van der Waals surface area contributed by atoms with Crippen LogP contribution in [0, 0.1) is 11.3 Å². The number of rotatable bonds is 8. The van der Waals surface area contributed by atoms with Crippen molar-refractivity contribution in [2.45, 2.75) is 97.8 Å². The first-order valence-electron chi connectivity index (χ1n) is 13.0. The molecule has 2 heterocycles. The third-order valence-corrected chi connectivity index (χ3v) is 7.30. The second-order valence-electron chi connectivity index (χ2n) is 9.44. The van der Waals surface area contributed by atoms with Crippen LogP contribution in [-0.4, -0.2) is 47.5 Å². The molecule has 1 aliphatic carbocycles. The molecule has 2 amide bonds. The fourth-order valence-electron chi connectivity index (χ4n) is 5.62. The van der Waals surface area contributed by atoms with Crippen LogP contribution in [0.3, 0.4) is 0 Å². The second kappa shape index (κ2) is 13.6. The molecule has 0 aromatic rings. The summed E-state index contributed by atoms with van der Waals surface area (Å²) in [5.74, 6) is 1.93. The lowest BCUT2D eigenvalue weighted by Crippen LogP contribution is -2.47. The van der Waals surface area contributed by atoms with Crippen LogP contribution >= 0.6 is 0 Å². The van der Waals surface area contributed by atoms with Crippen molar-refractivity contribution in [1.82, 2.24) is 9.80 Å². The Morgan fingerprint density at radius 2 is 1.75 bits per heavy atom. The Balaban J connectivity index is 0.00000176. The van der Waals surface area contributed by atoms with Crippen molar-refractivity contribution in [3.63, 3.8) is 0 Å². The van der Waals surface area contributed by atoms with Crippen LogP contribution in [0.25, 0.3) is 0 Å². The zero-order valence-corrected chi connectivity index (χ0v) is 20.8. The molecule has 5 heteroatoms. The molecule has 3 aliphatic rings. The van der Waals surface area contributed by atoms with Gasteiger partial charge in [0.25, 0.3) is 0 Å². The number of aliphatic imine (C=N–C) groups is 1. The number of carbonyl (C=O) groups is 2. The number of hydrogen-bond donors (Lipinski definition) is 0. The van der Waals surface area contributed by atoms with Gasteiger partial charge < -0.3 is 4.90 Å². The highest BCUT2D eigenvalue weighted by molar-refractivity contribution is 5.98. The van der Waals surface area contributed by atoms with Gasteiger partial charge in [-0.05, 0) is 62.9 Å². The van der Waals surface area contributed by atoms with Crippen molar-refractivity contribution in [3.05, 3.63) is 24.6 Å². The van der Waals surface area contributed by atoms with E-state index >= 15 is 0 Å². The number of nitrogens with zero attached hydrogens (tertiary/aromatic N) is 3. The lowest BCUT2D eigenvalue weighted by atomic mass is 9.76. The van der Waals surface area contributed by atoms with Crippen molar-refractivity contribution < 1.29 is 9.59 Å². The molecule has 5 nitrogen and oxygen atoms in total. The molecule has 3 rings (SSSR count). The van der Waals surface area contributed by atoms with Crippen molar-refractivity contribution >= 4 is 18.0 Å². The minimum absolute atomic E-state index is 0.0123. The summed E-state index contributed by atoms with van der Waals surface area (Å²) < 4.78 is 0. The summed E-state index contributed by atoms with van der Waals surface area (Å²) in [6.45, 7) is 12.5. The predicted molar refractivity (Wildman–Crippen MR) is 133 cm³/mol. The lowest BCUT2D eigenvalue weighted by molar-refractivity contribution is -0.153. The number of carbonyl (C=O) groups excluding carboxylic acids is 2. The molecule has 1 unspecified atom stereocenters. The maximum absolute atomic E-state index is 12.6. The van der Waals surface area contributed by atoms with Gasteiger partial charge in [0.05, 0.1) is 0 Å². The number of likely N-dealkylation sites (tertiary alicyclic amines) is 2. The van der Waals surface area contributed by atoms with Crippen LogP contribution < -0.4 is 0 Å². The summed E-state index contributed by atoms with van der Waals surface area (Å²) in [6.07, 6.45) is 18.1. The van der Waals surface area contributed by atoms with Gasteiger partial charge in [0.1, 0.15) is 5.82 Å². The highest BCUT2D eigenvalue weighted by Crippen LogP contribution is 2.46. The Morgan fingerprint density at radius 1 is 1.06 bits per heavy atom. The molecule has 0 aromatic heterocycles. The third kappa shape index (κ3) is 7.31. The maximum Gasteiger partial charge on any atom is 0.229 e. The molecular formula is C27H45N3O2. The quantitative estimate of drug-likeness (QED) is 0.258. The summed E-state index contributed by atoms with van der Waals surface area (Å²) in [5.41, 5.74) is 0.0123. The Morgan fingerprint density at radius 3 is 2.38 bits per heavy atom. The Hall–Kier alpha value is -1.91. The van der Waals surface area contributed by atoms with E-state index in [1.165, 1.54) is 38.5 Å². The molecule has 180 valence electrons. The van der Waals surface area contributed by atoms with E-state index in [0.717, 1.165) is 50.5 Å². The van der Waals surface area contributed by atoms with Crippen molar-refractivity contribution in [1.29, 1.82) is 0 Å². The van der Waals surface area contributed by atoms with Crippen LogP contribution in [-0.2, 0) is 9.59 Å². The van der Waals surface area contributed by atoms with E-state index in [4.69, 9.17) is 0 Å². The summed E-state index contributed by atoms with van der Waals surface area (Å²) in [7, 11) is 0. The first kappa shape index (κ1) is 26.3. The lowest BCUT2D eigenvalue weighted by Gasteiger charge is -2.37. The van der Waals surface area contributed by atoms with Gasteiger partial charge in [-0.1, -0.05) is 52.2 Å². The van der Waals surface area contributed by atoms with Gasteiger partial charge in [-0.15, -0.1) is 0 Å². The van der Waals surface area contributed by atoms with E-state index < -0.39 is 0 Å². The van der Waals surface area contributed by atoms with Crippen LogP contribution in [0.2, 0.25) is 0 Å². The van der Waals surface area contributed by atoms with Gasteiger partial charge in [-0.3, -0.25) is 14.5 Å². The van der Waals surface area contributed by atoms with Gasteiger partial charge in [0, 0.05) is 38.7 Å². The minimum atomic E-state index is 0.0123. The first-order chi connectivity index (χ1) is 15.6. The smallest absolute Gasteiger partial charge is 0.229 e. The van der Waals surface area contributed by atoms with Gasteiger partial charge in [-0.2, -0.15) is 0 Å². The van der Waals surface area contributed by atoms with Crippen molar-refractivity contribution in [2.75, 3.05) is 19.6 Å². The molecule has 0 radical (unpaired) electrons. The molecule has 1 saturated carbocycles. The van der Waals surface area contributed by atoms with E-state index in [1.807, 2.05) is 20.8 Å². The van der Waals surface area contributed by atoms with E-state index in [1.54, 1.807) is 17.2 Å². The molecule has 2 saturated heterocycles. The molecule has 2 aliphatic heterocycles. The van der Waals surface area contributed by atoms with E-state index in [2.05, 4.69) is 22.5 Å². The zero-order chi connectivity index (χ0) is 23.4. The minimum Gasteiger partial charge on any atom is -0.357 e. The molecule has 1 atom stereocenters. The van der Waals surface area contributed by atoms with Crippen LogP contribution in [0.15, 0.2) is 29.5 Å². The second-order valence-corrected chi connectivity index (χ2v) is 9.44.